The Bertz CT molecular complexity index is 1430. The number of hydrogen-bond acceptors (Lipinski definition) is 5. The third kappa shape index (κ3) is 4.95. The summed E-state index contributed by atoms with van der Waals surface area (Å²) in [6.07, 6.45) is 0. The summed E-state index contributed by atoms with van der Waals surface area (Å²) < 4.78 is 33.8. The Morgan fingerprint density at radius 2 is 1.74 bits per heavy atom. The Hall–Kier alpha value is -3.69. The van der Waals surface area contributed by atoms with E-state index in [1.165, 1.54) is 26.2 Å². The minimum absolute atomic E-state index is 0.00189. The molecule has 0 saturated carbocycles. The lowest BCUT2D eigenvalue weighted by Gasteiger charge is -2.15. The third-order valence-corrected chi connectivity index (χ3v) is 7.22. The van der Waals surface area contributed by atoms with E-state index in [4.69, 9.17) is 4.74 Å². The number of nitrogens with zero attached hydrogens (tertiary/aromatic N) is 3. The highest BCUT2D eigenvalue weighted by Crippen LogP contribution is 2.23. The Kier molecular flexibility index (Phi) is 6.67. The number of carbonyl (C=O) groups excluding carboxylic acids is 1. The monoisotopic (exact) mass is 478 g/mol. The normalized spacial score (nSPS) is 11.6. The van der Waals surface area contributed by atoms with E-state index < -0.39 is 10.0 Å². The predicted octanol–water partition coefficient (Wildman–Crippen LogP) is 3.81. The number of para-hydroxylation sites is 3. The van der Waals surface area contributed by atoms with Gasteiger partial charge in [0.25, 0.3) is 0 Å². The number of carbonyl (C=O) groups is 1. The van der Waals surface area contributed by atoms with E-state index in [0.29, 0.717) is 17.3 Å². The number of sulfonamides is 1. The minimum Gasteiger partial charge on any atom is -0.486 e. The Morgan fingerprint density at radius 3 is 2.47 bits per heavy atom. The van der Waals surface area contributed by atoms with Crippen LogP contribution >= 0.6 is 0 Å². The van der Waals surface area contributed by atoms with E-state index in [-0.39, 0.29) is 24.0 Å². The van der Waals surface area contributed by atoms with Crippen LogP contribution in [0.1, 0.15) is 11.4 Å². The van der Waals surface area contributed by atoms with Gasteiger partial charge in [-0.3, -0.25) is 4.79 Å². The van der Waals surface area contributed by atoms with Crippen LogP contribution in [0.5, 0.6) is 5.75 Å². The SMILES string of the molecule is Cc1ccc(S(=O)(=O)N(C)C)cc1NC(=O)Cn1c(COc2ccccc2)nc2ccccc21. The van der Waals surface area contributed by atoms with Crippen molar-refractivity contribution in [2.75, 3.05) is 19.4 Å². The second-order valence-electron chi connectivity index (χ2n) is 8.02. The molecule has 0 saturated heterocycles. The van der Waals surface area contributed by atoms with Crippen LogP contribution in [-0.2, 0) is 28.0 Å². The van der Waals surface area contributed by atoms with Crippen molar-refractivity contribution in [3.05, 3.63) is 84.2 Å². The quantitative estimate of drug-likeness (QED) is 0.416. The predicted molar refractivity (Wildman–Crippen MR) is 131 cm³/mol. The largest absolute Gasteiger partial charge is 0.486 e. The maximum Gasteiger partial charge on any atom is 0.244 e. The first-order chi connectivity index (χ1) is 16.3. The van der Waals surface area contributed by atoms with Crippen LogP contribution in [0.2, 0.25) is 0 Å². The molecule has 0 bridgehead atoms. The van der Waals surface area contributed by atoms with Gasteiger partial charge in [-0.2, -0.15) is 0 Å². The van der Waals surface area contributed by atoms with Gasteiger partial charge in [-0.15, -0.1) is 0 Å². The highest BCUT2D eigenvalue weighted by molar-refractivity contribution is 7.89. The van der Waals surface area contributed by atoms with Crippen molar-refractivity contribution in [1.82, 2.24) is 13.9 Å². The molecule has 0 aliphatic carbocycles. The van der Waals surface area contributed by atoms with Crippen molar-refractivity contribution in [3.63, 3.8) is 0 Å². The van der Waals surface area contributed by atoms with Crippen LogP contribution in [0.3, 0.4) is 0 Å². The average molecular weight is 479 g/mol. The number of nitrogens with one attached hydrogen (secondary N) is 1. The van der Waals surface area contributed by atoms with E-state index in [1.807, 2.05) is 66.1 Å². The van der Waals surface area contributed by atoms with Crippen LogP contribution in [0.15, 0.2) is 77.7 Å². The molecule has 1 N–H and O–H groups in total. The molecule has 34 heavy (non-hydrogen) atoms. The van der Waals surface area contributed by atoms with Gasteiger partial charge in [-0.25, -0.2) is 17.7 Å². The zero-order chi connectivity index (χ0) is 24.3. The molecule has 0 radical (unpaired) electrons. The molecule has 0 spiro atoms. The van der Waals surface area contributed by atoms with Gasteiger partial charge in [0.15, 0.2) is 0 Å². The van der Waals surface area contributed by atoms with Crippen LogP contribution in [0, 0.1) is 6.92 Å². The van der Waals surface area contributed by atoms with Crippen LogP contribution < -0.4 is 10.1 Å². The smallest absolute Gasteiger partial charge is 0.244 e. The number of fused-ring (bicyclic) bond motifs is 1. The fourth-order valence-corrected chi connectivity index (χ4v) is 4.45. The highest BCUT2D eigenvalue weighted by Gasteiger charge is 2.19. The lowest BCUT2D eigenvalue weighted by atomic mass is 10.2. The van der Waals surface area contributed by atoms with Crippen molar-refractivity contribution in [3.8, 4) is 5.75 Å². The standard InChI is InChI=1S/C25H26N4O4S/c1-18-13-14-20(34(31,32)28(2)3)15-22(18)27-25(30)16-29-23-12-8-7-11-21(23)26-24(29)17-33-19-9-5-4-6-10-19/h4-15H,16-17H2,1-3H3,(H,27,30). The van der Waals surface area contributed by atoms with Crippen molar-refractivity contribution >= 4 is 32.7 Å². The first-order valence-corrected chi connectivity index (χ1v) is 12.1. The molecule has 1 heterocycles. The maximum atomic E-state index is 13.0. The van der Waals surface area contributed by atoms with Crippen molar-refractivity contribution in [1.29, 1.82) is 0 Å². The highest BCUT2D eigenvalue weighted by atomic mass is 32.2. The molecule has 0 atom stereocenters. The summed E-state index contributed by atoms with van der Waals surface area (Å²) in [5, 5.41) is 2.85. The van der Waals surface area contributed by atoms with Crippen LogP contribution in [0.4, 0.5) is 5.69 Å². The molecule has 3 aromatic carbocycles. The van der Waals surface area contributed by atoms with Crippen molar-refractivity contribution < 1.29 is 17.9 Å². The number of hydrogen-bond donors (Lipinski definition) is 1. The number of aryl methyl sites for hydroxylation is 1. The van der Waals surface area contributed by atoms with Gasteiger partial charge in [0, 0.05) is 19.8 Å². The van der Waals surface area contributed by atoms with Gasteiger partial charge in [-0.1, -0.05) is 36.4 Å². The molecule has 1 aromatic heterocycles. The summed E-state index contributed by atoms with van der Waals surface area (Å²) in [6.45, 7) is 2.01. The lowest BCUT2D eigenvalue weighted by molar-refractivity contribution is -0.116. The fraction of sp³-hybridized carbons (Fsp3) is 0.200. The second kappa shape index (κ2) is 9.66. The molecule has 8 nitrogen and oxygen atoms in total. The molecule has 0 unspecified atom stereocenters. The van der Waals surface area contributed by atoms with E-state index in [9.17, 15) is 13.2 Å². The zero-order valence-corrected chi connectivity index (χ0v) is 20.0. The number of ether oxygens (including phenoxy) is 1. The van der Waals surface area contributed by atoms with E-state index in [0.717, 1.165) is 20.9 Å². The van der Waals surface area contributed by atoms with Crippen LogP contribution in [0.25, 0.3) is 11.0 Å². The molecule has 9 heteroatoms. The minimum atomic E-state index is -3.62. The molecule has 176 valence electrons. The van der Waals surface area contributed by atoms with E-state index in [1.54, 1.807) is 6.07 Å². The number of benzene rings is 3. The van der Waals surface area contributed by atoms with Gasteiger partial charge in [-0.05, 0) is 48.9 Å². The number of aromatic nitrogens is 2. The van der Waals surface area contributed by atoms with E-state index in [2.05, 4.69) is 10.3 Å². The fourth-order valence-electron chi connectivity index (χ4n) is 3.52. The summed E-state index contributed by atoms with van der Waals surface area (Å²) >= 11 is 0. The summed E-state index contributed by atoms with van der Waals surface area (Å²) in [6, 6.07) is 21.7. The Balaban J connectivity index is 1.59. The summed E-state index contributed by atoms with van der Waals surface area (Å²) in [4.78, 5) is 17.8. The molecule has 4 aromatic rings. The third-order valence-electron chi connectivity index (χ3n) is 5.41. The number of rotatable bonds is 8. The summed E-state index contributed by atoms with van der Waals surface area (Å²) in [5.74, 6) is 1.02. The molecule has 0 aliphatic rings. The number of amides is 1. The van der Waals surface area contributed by atoms with Gasteiger partial charge >= 0.3 is 0 Å². The molecular formula is C25H26N4O4S. The Labute approximate surface area is 198 Å². The second-order valence-corrected chi connectivity index (χ2v) is 10.2. The lowest BCUT2D eigenvalue weighted by Crippen LogP contribution is -2.23. The van der Waals surface area contributed by atoms with Gasteiger partial charge in [0.2, 0.25) is 15.9 Å². The van der Waals surface area contributed by atoms with Crippen molar-refractivity contribution in [2.24, 2.45) is 0 Å². The molecule has 0 fully saturated rings. The van der Waals surface area contributed by atoms with Gasteiger partial charge < -0.3 is 14.6 Å². The number of imidazole rings is 1. The van der Waals surface area contributed by atoms with Crippen molar-refractivity contribution in [2.45, 2.75) is 25.0 Å². The maximum absolute atomic E-state index is 13.0. The number of anilines is 1. The van der Waals surface area contributed by atoms with Gasteiger partial charge in [0.05, 0.1) is 15.9 Å². The Morgan fingerprint density at radius 1 is 1.03 bits per heavy atom. The molecular weight excluding hydrogens is 452 g/mol. The topological polar surface area (TPSA) is 93.5 Å². The molecule has 0 aliphatic heterocycles. The summed E-state index contributed by atoms with van der Waals surface area (Å²) in [7, 11) is -0.683. The molecule has 4 rings (SSSR count). The summed E-state index contributed by atoms with van der Waals surface area (Å²) in [5.41, 5.74) is 2.77. The van der Waals surface area contributed by atoms with Gasteiger partial charge in [0.1, 0.15) is 24.7 Å². The zero-order valence-electron chi connectivity index (χ0n) is 19.2. The average Bonchev–Trinajstić information content (AvgIpc) is 3.16. The first kappa shape index (κ1) is 23.5. The first-order valence-electron chi connectivity index (χ1n) is 10.7. The molecule has 1 amide bonds. The van der Waals surface area contributed by atoms with E-state index >= 15 is 0 Å². The van der Waals surface area contributed by atoms with Crippen LogP contribution in [-0.4, -0.2) is 42.3 Å².